The first-order valence-corrected chi connectivity index (χ1v) is 8.30. The Bertz CT molecular complexity index is 277. The van der Waals surface area contributed by atoms with Crippen molar-refractivity contribution in [1.29, 1.82) is 0 Å². The second-order valence-corrected chi connectivity index (χ2v) is 6.22. The van der Waals surface area contributed by atoms with Crippen LogP contribution in [-0.2, 0) is 9.47 Å². The van der Waals surface area contributed by atoms with Gasteiger partial charge in [-0.2, -0.15) is 0 Å². The van der Waals surface area contributed by atoms with Gasteiger partial charge in [0.05, 0.1) is 25.9 Å². The average molecular weight is 299 g/mol. The smallest absolute Gasteiger partial charge is 0.0897 e. The molecule has 4 unspecified atom stereocenters. The molecule has 21 heavy (non-hydrogen) atoms. The molecule has 0 fully saturated rings. The molecule has 0 aromatic heterocycles. The van der Waals surface area contributed by atoms with E-state index in [0.29, 0.717) is 37.6 Å². The molecule has 0 saturated heterocycles. The van der Waals surface area contributed by atoms with Gasteiger partial charge in [-0.05, 0) is 31.1 Å². The molecule has 1 aliphatic carbocycles. The number of methoxy groups -OCH3 is 1. The van der Waals surface area contributed by atoms with E-state index in [1.807, 2.05) is 0 Å². The van der Waals surface area contributed by atoms with E-state index in [0.717, 1.165) is 32.3 Å². The largest absolute Gasteiger partial charge is 0.389 e. The summed E-state index contributed by atoms with van der Waals surface area (Å²) in [6.07, 6.45) is 8.47. The zero-order chi connectivity index (χ0) is 15.5. The molecule has 4 atom stereocenters. The summed E-state index contributed by atoms with van der Waals surface area (Å²) in [5.74, 6) is 1.28. The van der Waals surface area contributed by atoms with Gasteiger partial charge in [-0.3, -0.25) is 0 Å². The Kier molecular flexibility index (Phi) is 9.92. The van der Waals surface area contributed by atoms with Gasteiger partial charge in [0.15, 0.2) is 0 Å². The molecule has 1 rings (SSSR count). The fourth-order valence-electron chi connectivity index (χ4n) is 2.75. The number of rotatable bonds is 11. The molecule has 0 heterocycles. The van der Waals surface area contributed by atoms with Crippen LogP contribution in [0.5, 0.6) is 0 Å². The van der Waals surface area contributed by atoms with E-state index >= 15 is 0 Å². The van der Waals surface area contributed by atoms with Crippen molar-refractivity contribution in [2.75, 3.05) is 33.5 Å². The number of aliphatic hydroxyl groups is 1. The van der Waals surface area contributed by atoms with Crippen LogP contribution in [0.1, 0.15) is 39.5 Å². The van der Waals surface area contributed by atoms with Crippen LogP contribution in [0.3, 0.4) is 0 Å². The summed E-state index contributed by atoms with van der Waals surface area (Å²) in [7, 11) is 1.71. The molecule has 0 bridgehead atoms. The Labute approximate surface area is 129 Å². The summed E-state index contributed by atoms with van der Waals surface area (Å²) in [6, 6.07) is 0.318. The predicted molar refractivity (Wildman–Crippen MR) is 86.4 cm³/mol. The summed E-state index contributed by atoms with van der Waals surface area (Å²) in [5, 5.41) is 13.3. The van der Waals surface area contributed by atoms with Crippen LogP contribution in [0.2, 0.25) is 0 Å². The summed E-state index contributed by atoms with van der Waals surface area (Å²) < 4.78 is 10.9. The maximum Gasteiger partial charge on any atom is 0.0897 e. The first-order valence-electron chi connectivity index (χ1n) is 8.30. The maximum absolute atomic E-state index is 9.99. The zero-order valence-electron chi connectivity index (χ0n) is 13.9. The van der Waals surface area contributed by atoms with Crippen LogP contribution in [-0.4, -0.2) is 50.7 Å². The lowest BCUT2D eigenvalue weighted by molar-refractivity contribution is 0.0106. The highest BCUT2D eigenvalue weighted by Gasteiger charge is 2.19. The minimum Gasteiger partial charge on any atom is -0.389 e. The molecular weight excluding hydrogens is 266 g/mol. The monoisotopic (exact) mass is 299 g/mol. The number of allylic oxidation sites excluding steroid dienone is 2. The lowest BCUT2D eigenvalue weighted by Gasteiger charge is -2.25. The molecule has 0 spiro atoms. The van der Waals surface area contributed by atoms with Gasteiger partial charge in [0.2, 0.25) is 0 Å². The van der Waals surface area contributed by atoms with E-state index < -0.39 is 6.10 Å². The van der Waals surface area contributed by atoms with Crippen LogP contribution >= 0.6 is 0 Å². The number of hydrogen-bond acceptors (Lipinski definition) is 4. The van der Waals surface area contributed by atoms with Crippen molar-refractivity contribution in [1.82, 2.24) is 5.32 Å². The van der Waals surface area contributed by atoms with Crippen molar-refractivity contribution >= 4 is 0 Å². The molecule has 4 nitrogen and oxygen atoms in total. The van der Waals surface area contributed by atoms with Crippen molar-refractivity contribution in [3.8, 4) is 0 Å². The minimum absolute atomic E-state index is 0.318. The number of ether oxygens (including phenoxy) is 2. The molecule has 4 heteroatoms. The fourth-order valence-corrected chi connectivity index (χ4v) is 2.75. The van der Waals surface area contributed by atoms with E-state index in [9.17, 15) is 5.11 Å². The van der Waals surface area contributed by atoms with Gasteiger partial charge in [0.1, 0.15) is 0 Å². The molecule has 1 aliphatic rings. The first kappa shape index (κ1) is 18.6. The molecular formula is C17H33NO3. The Morgan fingerprint density at radius 3 is 2.71 bits per heavy atom. The Morgan fingerprint density at radius 1 is 1.29 bits per heavy atom. The molecule has 0 radical (unpaired) electrons. The number of nitrogens with one attached hydrogen (secondary N) is 1. The van der Waals surface area contributed by atoms with Gasteiger partial charge in [-0.1, -0.05) is 32.4 Å². The van der Waals surface area contributed by atoms with E-state index in [1.54, 1.807) is 7.11 Å². The van der Waals surface area contributed by atoms with Crippen LogP contribution in [0, 0.1) is 11.8 Å². The van der Waals surface area contributed by atoms with Gasteiger partial charge in [0.25, 0.3) is 0 Å². The number of hydrogen-bond donors (Lipinski definition) is 2. The van der Waals surface area contributed by atoms with E-state index in [-0.39, 0.29) is 0 Å². The summed E-state index contributed by atoms with van der Waals surface area (Å²) in [4.78, 5) is 0. The van der Waals surface area contributed by atoms with E-state index in [1.165, 1.54) is 0 Å². The predicted octanol–water partition coefficient (Wildman–Crippen LogP) is 2.37. The Morgan fingerprint density at radius 2 is 2.05 bits per heavy atom. The lowest BCUT2D eigenvalue weighted by Crippen LogP contribution is -2.40. The Hall–Kier alpha value is -0.420. The molecule has 0 aromatic carbocycles. The third kappa shape index (κ3) is 7.96. The van der Waals surface area contributed by atoms with Crippen LogP contribution in [0.25, 0.3) is 0 Å². The fraction of sp³-hybridized carbons (Fsp3) is 0.882. The van der Waals surface area contributed by atoms with Crippen molar-refractivity contribution < 1.29 is 14.6 Å². The standard InChI is InChI=1S/C17H33NO3/c1-4-7-16(12-20-3)18-10-17(19)13-21-11-15-9-6-5-8-14(15)2/h5-6,14-19H,4,7-13H2,1-3H3. The molecule has 0 aromatic rings. The van der Waals surface area contributed by atoms with Gasteiger partial charge in [-0.25, -0.2) is 0 Å². The zero-order valence-corrected chi connectivity index (χ0v) is 13.9. The van der Waals surface area contributed by atoms with Crippen LogP contribution < -0.4 is 5.32 Å². The summed E-state index contributed by atoms with van der Waals surface area (Å²) in [6.45, 7) is 6.84. The molecule has 0 aliphatic heterocycles. The second kappa shape index (κ2) is 11.2. The van der Waals surface area contributed by atoms with Gasteiger partial charge < -0.3 is 19.9 Å². The lowest BCUT2D eigenvalue weighted by atomic mass is 9.85. The van der Waals surface area contributed by atoms with Crippen molar-refractivity contribution in [3.63, 3.8) is 0 Å². The Balaban J connectivity index is 2.12. The highest BCUT2D eigenvalue weighted by molar-refractivity contribution is 4.93. The highest BCUT2D eigenvalue weighted by atomic mass is 16.5. The molecule has 0 amide bonds. The molecule has 124 valence electrons. The molecule has 0 saturated carbocycles. The van der Waals surface area contributed by atoms with Crippen LogP contribution in [0.4, 0.5) is 0 Å². The summed E-state index contributed by atoms with van der Waals surface area (Å²) >= 11 is 0. The van der Waals surface area contributed by atoms with Crippen molar-refractivity contribution in [2.24, 2.45) is 11.8 Å². The second-order valence-electron chi connectivity index (χ2n) is 6.22. The van der Waals surface area contributed by atoms with E-state index in [4.69, 9.17) is 9.47 Å². The normalized spacial score (nSPS) is 25.0. The quantitative estimate of drug-likeness (QED) is 0.575. The minimum atomic E-state index is -0.448. The molecule has 2 N–H and O–H groups in total. The van der Waals surface area contributed by atoms with Gasteiger partial charge >= 0.3 is 0 Å². The topological polar surface area (TPSA) is 50.7 Å². The highest BCUT2D eigenvalue weighted by Crippen LogP contribution is 2.24. The number of aliphatic hydroxyl groups excluding tert-OH is 1. The summed E-state index contributed by atoms with van der Waals surface area (Å²) in [5.41, 5.74) is 0. The van der Waals surface area contributed by atoms with Crippen molar-refractivity contribution in [3.05, 3.63) is 12.2 Å². The van der Waals surface area contributed by atoms with Gasteiger partial charge in [0, 0.05) is 19.7 Å². The first-order chi connectivity index (χ1) is 10.2. The third-order valence-electron chi connectivity index (χ3n) is 4.21. The maximum atomic E-state index is 9.99. The van der Waals surface area contributed by atoms with Crippen molar-refractivity contribution in [2.45, 2.75) is 51.7 Å². The van der Waals surface area contributed by atoms with Gasteiger partial charge in [-0.15, -0.1) is 0 Å². The SMILES string of the molecule is CCCC(COC)NCC(O)COCC1CC=CCC1C. The van der Waals surface area contributed by atoms with Crippen LogP contribution in [0.15, 0.2) is 12.2 Å². The van der Waals surface area contributed by atoms with E-state index in [2.05, 4.69) is 31.3 Å². The average Bonchev–Trinajstić information content (AvgIpc) is 2.47. The third-order valence-corrected chi connectivity index (χ3v) is 4.21.